The number of amides is 1. The van der Waals surface area contributed by atoms with Crippen LogP contribution in [0.25, 0.3) is 0 Å². The van der Waals surface area contributed by atoms with Gasteiger partial charge in [-0.3, -0.25) is 9.59 Å². The SMILES string of the molecule is O=C(NCc1ccccc1)c1nc(CCc2ccccc2)[nH]c(=O)c1O. The van der Waals surface area contributed by atoms with E-state index in [9.17, 15) is 14.7 Å². The number of carbonyl (C=O) groups excluding carboxylic acids is 1. The summed E-state index contributed by atoms with van der Waals surface area (Å²) in [7, 11) is 0. The molecular formula is C20H19N3O3. The Kier molecular flexibility index (Phi) is 5.43. The smallest absolute Gasteiger partial charge is 0.293 e. The maximum Gasteiger partial charge on any atom is 0.293 e. The summed E-state index contributed by atoms with van der Waals surface area (Å²) < 4.78 is 0. The van der Waals surface area contributed by atoms with Crippen LogP contribution in [0.3, 0.4) is 0 Å². The van der Waals surface area contributed by atoms with Crippen LogP contribution in [0, 0.1) is 0 Å². The average molecular weight is 349 g/mol. The lowest BCUT2D eigenvalue weighted by Gasteiger charge is -2.08. The second-order valence-corrected chi connectivity index (χ2v) is 5.86. The molecule has 0 bridgehead atoms. The van der Waals surface area contributed by atoms with Gasteiger partial charge in [-0.15, -0.1) is 0 Å². The molecule has 0 atom stereocenters. The van der Waals surface area contributed by atoms with Crippen LogP contribution in [0.1, 0.15) is 27.4 Å². The summed E-state index contributed by atoms with van der Waals surface area (Å²) >= 11 is 0. The molecule has 26 heavy (non-hydrogen) atoms. The van der Waals surface area contributed by atoms with Crippen LogP contribution in [0.4, 0.5) is 0 Å². The highest BCUT2D eigenvalue weighted by atomic mass is 16.3. The number of aromatic amines is 1. The molecule has 0 aliphatic heterocycles. The Morgan fingerprint density at radius 3 is 2.23 bits per heavy atom. The number of rotatable bonds is 6. The summed E-state index contributed by atoms with van der Waals surface area (Å²) in [4.78, 5) is 30.9. The summed E-state index contributed by atoms with van der Waals surface area (Å²) in [5.74, 6) is -0.890. The Labute approximate surface area is 150 Å². The van der Waals surface area contributed by atoms with Gasteiger partial charge in [-0.25, -0.2) is 4.98 Å². The van der Waals surface area contributed by atoms with Crippen LogP contribution in [-0.2, 0) is 19.4 Å². The lowest BCUT2D eigenvalue weighted by atomic mass is 10.1. The lowest BCUT2D eigenvalue weighted by molar-refractivity contribution is 0.0942. The maximum absolute atomic E-state index is 12.3. The van der Waals surface area contributed by atoms with E-state index < -0.39 is 17.2 Å². The number of aromatic nitrogens is 2. The normalized spacial score (nSPS) is 10.5. The molecule has 0 saturated carbocycles. The van der Waals surface area contributed by atoms with Crippen molar-refractivity contribution in [1.82, 2.24) is 15.3 Å². The third-order valence-electron chi connectivity index (χ3n) is 3.95. The van der Waals surface area contributed by atoms with E-state index in [1.807, 2.05) is 60.7 Å². The summed E-state index contributed by atoms with van der Waals surface area (Å²) in [5.41, 5.74) is 1.04. The molecule has 3 rings (SSSR count). The highest BCUT2D eigenvalue weighted by Crippen LogP contribution is 2.10. The predicted octanol–water partition coefficient (Wildman–Crippen LogP) is 2.19. The quantitative estimate of drug-likeness (QED) is 0.636. The summed E-state index contributed by atoms with van der Waals surface area (Å²) in [6.45, 7) is 0.285. The van der Waals surface area contributed by atoms with Crippen LogP contribution in [0.2, 0.25) is 0 Å². The van der Waals surface area contributed by atoms with Crippen molar-refractivity contribution < 1.29 is 9.90 Å². The number of hydrogen-bond acceptors (Lipinski definition) is 4. The van der Waals surface area contributed by atoms with E-state index in [1.54, 1.807) is 0 Å². The third kappa shape index (κ3) is 4.36. The van der Waals surface area contributed by atoms with Gasteiger partial charge in [0.15, 0.2) is 5.69 Å². The van der Waals surface area contributed by atoms with Crippen LogP contribution in [0.5, 0.6) is 5.75 Å². The number of aryl methyl sites for hydroxylation is 2. The van der Waals surface area contributed by atoms with Crippen molar-refractivity contribution in [2.75, 3.05) is 0 Å². The number of hydrogen-bond donors (Lipinski definition) is 3. The zero-order valence-electron chi connectivity index (χ0n) is 14.1. The third-order valence-corrected chi connectivity index (χ3v) is 3.95. The highest BCUT2D eigenvalue weighted by molar-refractivity contribution is 5.94. The van der Waals surface area contributed by atoms with Crippen LogP contribution < -0.4 is 10.9 Å². The molecule has 0 radical (unpaired) electrons. The minimum Gasteiger partial charge on any atom is -0.501 e. The van der Waals surface area contributed by atoms with E-state index in [1.165, 1.54) is 0 Å². The van der Waals surface area contributed by atoms with Gasteiger partial charge in [-0.1, -0.05) is 60.7 Å². The van der Waals surface area contributed by atoms with Crippen molar-refractivity contribution in [3.63, 3.8) is 0 Å². The molecule has 6 heteroatoms. The number of carbonyl (C=O) groups is 1. The van der Waals surface area contributed by atoms with Crippen LogP contribution >= 0.6 is 0 Å². The van der Waals surface area contributed by atoms with Gasteiger partial charge >= 0.3 is 0 Å². The lowest BCUT2D eigenvalue weighted by Crippen LogP contribution is -2.27. The molecule has 0 spiro atoms. The standard InChI is InChI=1S/C20H19N3O3/c24-18-17(19(25)21-13-15-9-5-2-6-10-15)22-16(23-20(18)26)12-11-14-7-3-1-4-8-14/h1-10,24H,11-13H2,(H,21,25)(H,22,23,26). The molecule has 132 valence electrons. The van der Waals surface area contributed by atoms with Crippen LogP contribution in [-0.4, -0.2) is 21.0 Å². The fourth-order valence-electron chi connectivity index (χ4n) is 2.56. The first-order chi connectivity index (χ1) is 12.6. The van der Waals surface area contributed by atoms with E-state index in [0.29, 0.717) is 18.7 Å². The largest absolute Gasteiger partial charge is 0.501 e. The first kappa shape index (κ1) is 17.4. The van der Waals surface area contributed by atoms with Gasteiger partial charge in [0, 0.05) is 13.0 Å². The average Bonchev–Trinajstić information content (AvgIpc) is 2.68. The number of H-pyrrole nitrogens is 1. The zero-order chi connectivity index (χ0) is 18.4. The van der Waals surface area contributed by atoms with Gasteiger partial charge in [0.05, 0.1) is 0 Å². The Hall–Kier alpha value is -3.41. The van der Waals surface area contributed by atoms with Gasteiger partial charge in [0.2, 0.25) is 5.75 Å². The Bertz CT molecular complexity index is 938. The van der Waals surface area contributed by atoms with E-state index in [2.05, 4.69) is 15.3 Å². The second-order valence-electron chi connectivity index (χ2n) is 5.86. The number of aromatic hydroxyl groups is 1. The molecule has 0 aliphatic rings. The summed E-state index contributed by atoms with van der Waals surface area (Å²) in [6.07, 6.45) is 1.12. The van der Waals surface area contributed by atoms with Crippen LogP contribution in [0.15, 0.2) is 65.5 Å². The molecule has 1 heterocycles. The minimum atomic E-state index is -0.715. The molecule has 0 saturated heterocycles. The maximum atomic E-state index is 12.3. The summed E-state index contributed by atoms with van der Waals surface area (Å²) in [6, 6.07) is 19.1. The zero-order valence-corrected chi connectivity index (χ0v) is 14.1. The molecular weight excluding hydrogens is 330 g/mol. The van der Waals surface area contributed by atoms with Crippen molar-refractivity contribution in [2.24, 2.45) is 0 Å². The molecule has 1 amide bonds. The van der Waals surface area contributed by atoms with E-state index in [4.69, 9.17) is 0 Å². The molecule has 0 unspecified atom stereocenters. The van der Waals surface area contributed by atoms with E-state index in [-0.39, 0.29) is 12.2 Å². The van der Waals surface area contributed by atoms with E-state index in [0.717, 1.165) is 11.1 Å². The first-order valence-electron chi connectivity index (χ1n) is 8.31. The first-order valence-corrected chi connectivity index (χ1v) is 8.31. The Morgan fingerprint density at radius 2 is 1.58 bits per heavy atom. The fourth-order valence-corrected chi connectivity index (χ4v) is 2.56. The second kappa shape index (κ2) is 8.11. The molecule has 3 N–H and O–H groups in total. The van der Waals surface area contributed by atoms with Gasteiger partial charge in [0.25, 0.3) is 11.5 Å². The van der Waals surface area contributed by atoms with Crippen molar-refractivity contribution in [1.29, 1.82) is 0 Å². The monoisotopic (exact) mass is 349 g/mol. The highest BCUT2D eigenvalue weighted by Gasteiger charge is 2.17. The van der Waals surface area contributed by atoms with Gasteiger partial charge in [-0.2, -0.15) is 0 Å². The molecule has 0 fully saturated rings. The molecule has 3 aromatic rings. The molecule has 6 nitrogen and oxygen atoms in total. The molecule has 0 aliphatic carbocycles. The van der Waals surface area contributed by atoms with Crippen molar-refractivity contribution in [3.05, 3.63) is 93.7 Å². The van der Waals surface area contributed by atoms with Crippen molar-refractivity contribution >= 4 is 5.91 Å². The number of nitrogens with one attached hydrogen (secondary N) is 2. The number of nitrogens with zero attached hydrogens (tertiary/aromatic N) is 1. The number of benzene rings is 2. The van der Waals surface area contributed by atoms with Gasteiger partial charge in [0.1, 0.15) is 5.82 Å². The van der Waals surface area contributed by atoms with Gasteiger partial charge in [-0.05, 0) is 17.5 Å². The summed E-state index contributed by atoms with van der Waals surface area (Å²) in [5, 5.41) is 12.6. The Morgan fingerprint density at radius 1 is 0.962 bits per heavy atom. The van der Waals surface area contributed by atoms with Crippen molar-refractivity contribution in [2.45, 2.75) is 19.4 Å². The Balaban J connectivity index is 1.72. The predicted molar refractivity (Wildman–Crippen MR) is 98.0 cm³/mol. The van der Waals surface area contributed by atoms with Gasteiger partial charge < -0.3 is 15.4 Å². The minimum absolute atomic E-state index is 0.257. The molecule has 2 aromatic carbocycles. The van der Waals surface area contributed by atoms with Crippen molar-refractivity contribution in [3.8, 4) is 5.75 Å². The molecule has 1 aromatic heterocycles. The fraction of sp³-hybridized carbons (Fsp3) is 0.150. The van der Waals surface area contributed by atoms with E-state index >= 15 is 0 Å². The topological polar surface area (TPSA) is 95.1 Å².